The second kappa shape index (κ2) is 6.07. The van der Waals surface area contributed by atoms with E-state index in [1.807, 2.05) is 33.7 Å². The number of H-pyrrole nitrogens is 1. The summed E-state index contributed by atoms with van der Waals surface area (Å²) in [6.07, 6.45) is 3.88. The lowest BCUT2D eigenvalue weighted by atomic mass is 10.0. The third kappa shape index (κ3) is 2.69. The maximum atomic E-state index is 12.5. The van der Waals surface area contributed by atoms with Crippen LogP contribution in [0.25, 0.3) is 11.0 Å². The number of hydrogen-bond donors (Lipinski definition) is 1. The molecule has 122 valence electrons. The van der Waals surface area contributed by atoms with Crippen molar-refractivity contribution < 1.29 is 4.79 Å². The average Bonchev–Trinajstić information content (AvgIpc) is 3.21. The van der Waals surface area contributed by atoms with Crippen LogP contribution in [-0.2, 0) is 4.79 Å². The highest BCUT2D eigenvalue weighted by Crippen LogP contribution is 2.30. The molecule has 23 heavy (non-hydrogen) atoms. The van der Waals surface area contributed by atoms with E-state index in [4.69, 9.17) is 0 Å². The highest BCUT2D eigenvalue weighted by Gasteiger charge is 2.31. The lowest BCUT2D eigenvalue weighted by molar-refractivity contribution is -0.131. The fourth-order valence-corrected chi connectivity index (χ4v) is 5.00. The maximum absolute atomic E-state index is 12.5. The molecule has 1 aromatic heterocycles. The number of carbonyl (C=O) groups excluding carboxylic acids is 1. The minimum absolute atomic E-state index is 0.0395. The summed E-state index contributed by atoms with van der Waals surface area (Å²) in [5.74, 6) is 1.41. The Labute approximate surface area is 139 Å². The number of thioether (sulfide) groups is 1. The molecule has 2 saturated heterocycles. The van der Waals surface area contributed by atoms with Crippen molar-refractivity contribution in [3.63, 3.8) is 0 Å². The molecular weight excluding hydrogens is 310 g/mol. The molecule has 4 rings (SSSR count). The van der Waals surface area contributed by atoms with Crippen LogP contribution < -0.4 is 5.69 Å². The smallest absolute Gasteiger partial charge is 0.326 e. The first-order valence-corrected chi connectivity index (χ1v) is 9.38. The predicted octanol–water partition coefficient (Wildman–Crippen LogP) is 2.39. The minimum atomic E-state index is -0.0395. The van der Waals surface area contributed by atoms with Crippen LogP contribution >= 0.6 is 11.8 Å². The molecule has 2 aliphatic heterocycles. The molecule has 1 N–H and O–H groups in total. The Morgan fingerprint density at radius 1 is 1.17 bits per heavy atom. The molecule has 0 spiro atoms. The number of rotatable bonds is 2. The van der Waals surface area contributed by atoms with Gasteiger partial charge in [0.25, 0.3) is 0 Å². The van der Waals surface area contributed by atoms with E-state index in [-0.39, 0.29) is 17.0 Å². The van der Waals surface area contributed by atoms with Gasteiger partial charge in [-0.15, -0.1) is 11.8 Å². The zero-order valence-corrected chi connectivity index (χ0v) is 13.8. The molecule has 5 nitrogen and oxygen atoms in total. The number of hydrogen-bond acceptors (Lipinski definition) is 3. The summed E-state index contributed by atoms with van der Waals surface area (Å²) in [6.45, 7) is 1.51. The fraction of sp³-hybridized carbons (Fsp3) is 0.529. The number of nitrogens with one attached hydrogen (secondary N) is 1. The summed E-state index contributed by atoms with van der Waals surface area (Å²) >= 11 is 1.80. The fourth-order valence-electron chi connectivity index (χ4n) is 3.76. The van der Waals surface area contributed by atoms with Gasteiger partial charge in [-0.2, -0.15) is 0 Å². The SMILES string of the molecule is O=C(C1CCCS1)N1CCC(n2c(=O)[nH]c3ccccc32)CC1. The number of benzene rings is 1. The van der Waals surface area contributed by atoms with E-state index in [1.54, 1.807) is 11.8 Å². The van der Waals surface area contributed by atoms with Gasteiger partial charge in [-0.25, -0.2) is 4.79 Å². The molecule has 6 heteroatoms. The van der Waals surface area contributed by atoms with Crippen LogP contribution in [0.3, 0.4) is 0 Å². The number of imidazole rings is 1. The van der Waals surface area contributed by atoms with E-state index in [9.17, 15) is 9.59 Å². The molecule has 0 saturated carbocycles. The van der Waals surface area contributed by atoms with Crippen LogP contribution in [0.4, 0.5) is 0 Å². The summed E-state index contributed by atoms with van der Waals surface area (Å²) in [7, 11) is 0. The first-order valence-electron chi connectivity index (χ1n) is 8.33. The van der Waals surface area contributed by atoms with Gasteiger partial charge in [0, 0.05) is 19.1 Å². The van der Waals surface area contributed by atoms with Crippen molar-refractivity contribution in [1.82, 2.24) is 14.5 Å². The number of aromatic amines is 1. The highest BCUT2D eigenvalue weighted by atomic mass is 32.2. The number of fused-ring (bicyclic) bond motifs is 1. The standard InChI is InChI=1S/C17H21N3O2S/c21-16(15-6-3-11-23-15)19-9-7-12(8-10-19)20-14-5-2-1-4-13(14)18-17(20)22/h1-2,4-5,12,15H,3,6-11H2,(H,18,22). The number of piperidine rings is 1. The van der Waals surface area contributed by atoms with Crippen molar-refractivity contribution in [3.05, 3.63) is 34.7 Å². The molecule has 1 atom stereocenters. The number of aromatic nitrogens is 2. The molecule has 1 amide bonds. The number of likely N-dealkylation sites (tertiary alicyclic amines) is 1. The summed E-state index contributed by atoms with van der Waals surface area (Å²) in [4.78, 5) is 29.7. The Kier molecular flexibility index (Phi) is 3.93. The van der Waals surface area contributed by atoms with Gasteiger partial charge in [0.2, 0.25) is 5.91 Å². The van der Waals surface area contributed by atoms with Gasteiger partial charge in [-0.3, -0.25) is 9.36 Å². The van der Waals surface area contributed by atoms with Gasteiger partial charge in [0.05, 0.1) is 16.3 Å². The van der Waals surface area contributed by atoms with Crippen LogP contribution in [0.2, 0.25) is 0 Å². The summed E-state index contributed by atoms with van der Waals surface area (Å²) in [5.41, 5.74) is 1.81. The highest BCUT2D eigenvalue weighted by molar-refractivity contribution is 8.00. The summed E-state index contributed by atoms with van der Waals surface area (Å²) in [6, 6.07) is 7.99. The molecule has 0 radical (unpaired) electrons. The Balaban J connectivity index is 1.49. The number of carbonyl (C=O) groups is 1. The molecule has 3 heterocycles. The largest absolute Gasteiger partial charge is 0.342 e. The second-order valence-electron chi connectivity index (χ2n) is 6.38. The van der Waals surface area contributed by atoms with Crippen molar-refractivity contribution in [2.45, 2.75) is 37.0 Å². The quantitative estimate of drug-likeness (QED) is 0.919. The van der Waals surface area contributed by atoms with Gasteiger partial charge in [-0.1, -0.05) is 12.1 Å². The van der Waals surface area contributed by atoms with Crippen molar-refractivity contribution in [2.24, 2.45) is 0 Å². The predicted molar refractivity (Wildman–Crippen MR) is 92.9 cm³/mol. The third-order valence-electron chi connectivity index (χ3n) is 4.97. The summed E-state index contributed by atoms with van der Waals surface area (Å²) < 4.78 is 1.88. The first-order chi connectivity index (χ1) is 11.2. The van der Waals surface area contributed by atoms with Crippen LogP contribution in [0.1, 0.15) is 31.7 Å². The van der Waals surface area contributed by atoms with Gasteiger partial charge >= 0.3 is 5.69 Å². The Hall–Kier alpha value is -1.69. The van der Waals surface area contributed by atoms with Crippen LogP contribution in [0.5, 0.6) is 0 Å². The maximum Gasteiger partial charge on any atom is 0.326 e. The minimum Gasteiger partial charge on any atom is -0.342 e. The normalized spacial score (nSPS) is 22.8. The molecular formula is C17H21N3O2S. The first kappa shape index (κ1) is 14.9. The molecule has 0 bridgehead atoms. The van der Waals surface area contributed by atoms with Crippen molar-refractivity contribution >= 4 is 28.7 Å². The third-order valence-corrected chi connectivity index (χ3v) is 6.33. The molecule has 2 fully saturated rings. The van der Waals surface area contributed by atoms with E-state index in [0.717, 1.165) is 55.6 Å². The lowest BCUT2D eigenvalue weighted by Crippen LogP contribution is -2.43. The zero-order valence-electron chi connectivity index (χ0n) is 13.0. The van der Waals surface area contributed by atoms with Crippen LogP contribution in [-0.4, -0.2) is 44.5 Å². The molecule has 1 aromatic carbocycles. The Morgan fingerprint density at radius 2 is 1.96 bits per heavy atom. The molecule has 1 unspecified atom stereocenters. The second-order valence-corrected chi connectivity index (χ2v) is 7.69. The van der Waals surface area contributed by atoms with Crippen molar-refractivity contribution in [2.75, 3.05) is 18.8 Å². The Bertz CT molecular complexity index is 767. The van der Waals surface area contributed by atoms with Crippen molar-refractivity contribution in [1.29, 1.82) is 0 Å². The van der Waals surface area contributed by atoms with Crippen LogP contribution in [0, 0.1) is 0 Å². The molecule has 2 aromatic rings. The van der Waals surface area contributed by atoms with E-state index in [2.05, 4.69) is 4.98 Å². The number of nitrogens with zero attached hydrogens (tertiary/aromatic N) is 2. The molecule has 2 aliphatic rings. The number of para-hydroxylation sites is 2. The topological polar surface area (TPSA) is 58.1 Å². The van der Waals surface area contributed by atoms with Gasteiger partial charge in [-0.05, 0) is 43.6 Å². The van der Waals surface area contributed by atoms with E-state index < -0.39 is 0 Å². The van der Waals surface area contributed by atoms with Crippen molar-refractivity contribution in [3.8, 4) is 0 Å². The van der Waals surface area contributed by atoms with Gasteiger partial charge < -0.3 is 9.88 Å². The van der Waals surface area contributed by atoms with Gasteiger partial charge in [0.15, 0.2) is 0 Å². The average molecular weight is 331 g/mol. The summed E-state index contributed by atoms with van der Waals surface area (Å²) in [5, 5.41) is 0.169. The molecule has 0 aliphatic carbocycles. The van der Waals surface area contributed by atoms with Gasteiger partial charge in [0.1, 0.15) is 0 Å². The zero-order chi connectivity index (χ0) is 15.8. The van der Waals surface area contributed by atoms with Crippen LogP contribution in [0.15, 0.2) is 29.1 Å². The van der Waals surface area contributed by atoms with E-state index in [0.29, 0.717) is 5.91 Å². The lowest BCUT2D eigenvalue weighted by Gasteiger charge is -2.33. The van der Waals surface area contributed by atoms with E-state index >= 15 is 0 Å². The van der Waals surface area contributed by atoms with E-state index in [1.165, 1.54) is 0 Å². The number of amides is 1. The Morgan fingerprint density at radius 3 is 2.70 bits per heavy atom. The monoisotopic (exact) mass is 331 g/mol.